The van der Waals surface area contributed by atoms with Crippen LogP contribution in [-0.2, 0) is 76.7 Å². The molecule has 101 heavy (non-hydrogen) atoms. The quantitative estimate of drug-likeness (QED) is 0.0153. The molecule has 28 N–H and O–H groups in total. The molecule has 12 atom stereocenters. The van der Waals surface area contributed by atoms with Crippen LogP contribution in [-0.4, -0.2) is 261 Å². The number of nitrogens with zero attached hydrogens (tertiary/aromatic N) is 3. The molecule has 1 aliphatic heterocycles. The van der Waals surface area contributed by atoms with E-state index in [1.165, 1.54) is 18.7 Å². The molecule has 0 bridgehead atoms. The Morgan fingerprint density at radius 2 is 0.970 bits per heavy atom. The Labute approximate surface area is 586 Å². The Morgan fingerprint density at radius 3 is 1.43 bits per heavy atom. The van der Waals surface area contributed by atoms with Gasteiger partial charge in [-0.15, -0.1) is 0 Å². The van der Waals surface area contributed by atoms with Gasteiger partial charge in [-0.1, -0.05) is 27.7 Å². The summed E-state index contributed by atoms with van der Waals surface area (Å²) in [5.74, 6) is -18.5. The van der Waals surface area contributed by atoms with Crippen molar-refractivity contribution in [2.45, 2.75) is 197 Å². The molecular weight excluding hydrogens is 1360 g/mol. The molecule has 570 valence electrons. The van der Waals surface area contributed by atoms with E-state index in [2.05, 4.69) is 68.5 Å². The van der Waals surface area contributed by atoms with Gasteiger partial charge in [-0.3, -0.25) is 81.9 Å². The van der Waals surface area contributed by atoms with Gasteiger partial charge in [-0.2, -0.15) is 11.8 Å². The first-order chi connectivity index (χ1) is 47.3. The molecule has 1 saturated heterocycles. The van der Waals surface area contributed by atoms with Crippen LogP contribution in [0.4, 0.5) is 0 Å². The van der Waals surface area contributed by atoms with Gasteiger partial charge in [-0.05, 0) is 101 Å². The summed E-state index contributed by atoms with van der Waals surface area (Å²) in [5.41, 5.74) is 32.6. The van der Waals surface area contributed by atoms with E-state index in [4.69, 9.17) is 34.4 Å². The van der Waals surface area contributed by atoms with E-state index in [-0.39, 0.29) is 108 Å². The smallest absolute Gasteiger partial charge is 0.326 e. The molecule has 0 unspecified atom stereocenters. The molecule has 0 aromatic carbocycles. The van der Waals surface area contributed by atoms with Gasteiger partial charge in [0.2, 0.25) is 76.8 Å². The van der Waals surface area contributed by atoms with Crippen molar-refractivity contribution in [2.24, 2.45) is 56.2 Å². The van der Waals surface area contributed by atoms with Crippen molar-refractivity contribution in [3.05, 3.63) is 0 Å². The maximum atomic E-state index is 14.2. The second-order valence-corrected chi connectivity index (χ2v) is 25.5. The first-order valence-electron chi connectivity index (χ1n) is 32.5. The highest BCUT2D eigenvalue weighted by Gasteiger charge is 2.40. The average Bonchev–Trinajstić information content (AvgIpc) is 1.75. The van der Waals surface area contributed by atoms with E-state index in [1.807, 2.05) is 0 Å². The van der Waals surface area contributed by atoms with Crippen LogP contribution in [0.25, 0.3) is 0 Å². The predicted octanol–water partition coefficient (Wildman–Crippen LogP) is -9.08. The number of thioether (sulfide) groups is 1. The third kappa shape index (κ3) is 35.8. The molecule has 0 aromatic heterocycles. The van der Waals surface area contributed by atoms with Crippen LogP contribution < -0.4 is 92.9 Å². The Hall–Kier alpha value is -9.71. The van der Waals surface area contributed by atoms with E-state index in [9.17, 15) is 102 Å². The molecule has 1 fully saturated rings. The van der Waals surface area contributed by atoms with Gasteiger partial charge in [0.05, 0.1) is 38.3 Å². The summed E-state index contributed by atoms with van der Waals surface area (Å²) < 4.78 is 0. The molecule has 42 heteroatoms. The lowest BCUT2D eigenvalue weighted by Gasteiger charge is -2.29. The SMILES string of the molecule is CSCC[C@H](NC(=O)[C@H](CC(C)C)NC(=O)[C@@H](NC(=O)[C@@H](N)CCC(N)=O)[C@@H](C)O)C(=O)NCC(=O)N[C@@H](CCCN=C(N)N)C(=O)N[C@@H](CC(C)C)C(=O)N[C@@H](CCC(=O)O)C(=O)N[C@@H](CC(=O)O)C(=O)NCC(=O)N[C@@H](CO)C(=O)N1CCC[C@H]1C(=O)N[C@@H](CCCN=C(N)N)C(=O)O. The van der Waals surface area contributed by atoms with E-state index in [0.717, 1.165) is 4.90 Å². The number of rotatable bonds is 49. The number of guanidine groups is 2. The summed E-state index contributed by atoms with van der Waals surface area (Å²) in [7, 11) is 0. The van der Waals surface area contributed by atoms with Crippen molar-refractivity contribution in [3.8, 4) is 0 Å². The minimum atomic E-state index is -2.04. The number of aliphatic hydroxyl groups is 2. The Bertz CT molecular complexity index is 2930. The lowest BCUT2D eigenvalue weighted by atomic mass is 10.0. The van der Waals surface area contributed by atoms with Crippen LogP contribution in [0.3, 0.4) is 0 Å². The Balaban J connectivity index is 3.37. The van der Waals surface area contributed by atoms with E-state index >= 15 is 0 Å². The van der Waals surface area contributed by atoms with Gasteiger partial charge in [0.15, 0.2) is 11.9 Å². The minimum absolute atomic E-state index is 0.00501. The number of hydrogen-bond donors (Lipinski definition) is 22. The lowest BCUT2D eigenvalue weighted by Crippen LogP contribution is -2.60. The standard InChI is InChI=1S/C59H102N20O21S/c1-28(2)22-36(75-50(92)32(10-7-18-66-58(62)63)70-42(83)25-68-48(90)34(17-21-101-6)73-53(95)37(23-29(3)4)77-55(97)46(30(5)81)78-47(89)31(60)13-15-41(61)82)52(94)72-33(14-16-44(85)86)51(93)76-38(24-45(87)88)49(91)69-26-43(84)71-39(27-80)56(98)79-20-9-12-40(79)54(96)74-35(57(99)100)11-8-19-67-59(64)65/h28-40,46,80-81H,7-27,60H2,1-6H3,(H2,61,82)(H,68,90)(H,69,91)(H,70,83)(H,71,84)(H,72,94)(H,73,95)(H,74,96)(H,75,92)(H,76,93)(H,77,97)(H,78,89)(H,85,86)(H,87,88)(H,99,100)(H4,62,63,66)(H4,64,65,67)/t30-,31+,32+,33+,34+,35+,36+,37+,38+,39+,40+,46+/m1/s1. The maximum absolute atomic E-state index is 14.2. The van der Waals surface area contributed by atoms with Crippen LogP contribution in [0.5, 0.6) is 0 Å². The second-order valence-electron chi connectivity index (χ2n) is 24.6. The van der Waals surface area contributed by atoms with Gasteiger partial charge in [0.25, 0.3) is 0 Å². The fraction of sp³-hybridized carbons (Fsp3) is 0.695. The van der Waals surface area contributed by atoms with Gasteiger partial charge >= 0.3 is 17.9 Å². The zero-order valence-electron chi connectivity index (χ0n) is 57.4. The molecule has 13 amide bonds. The fourth-order valence-electron chi connectivity index (χ4n) is 9.84. The predicted molar refractivity (Wildman–Crippen MR) is 362 cm³/mol. The summed E-state index contributed by atoms with van der Waals surface area (Å²) in [6.45, 7) is 5.03. The summed E-state index contributed by atoms with van der Waals surface area (Å²) in [5, 5.41) is 75.5. The molecule has 41 nitrogen and oxygen atoms in total. The van der Waals surface area contributed by atoms with Crippen LogP contribution >= 0.6 is 11.8 Å². The first-order valence-corrected chi connectivity index (χ1v) is 33.9. The average molecular weight is 1460 g/mol. The zero-order chi connectivity index (χ0) is 76.8. The zero-order valence-corrected chi connectivity index (χ0v) is 58.2. The van der Waals surface area contributed by atoms with E-state index < -0.39 is 212 Å². The number of nitrogens with two attached hydrogens (primary N) is 6. The third-order valence-electron chi connectivity index (χ3n) is 15.0. The molecule has 1 heterocycles. The number of aliphatic carboxylic acids is 3. The molecule has 0 spiro atoms. The number of aliphatic imine (C=N–C) groups is 2. The lowest BCUT2D eigenvalue weighted by molar-refractivity contribution is -0.145. The number of carboxylic acids is 3. The van der Waals surface area contributed by atoms with E-state index in [1.54, 1.807) is 34.0 Å². The fourth-order valence-corrected chi connectivity index (χ4v) is 10.3. The van der Waals surface area contributed by atoms with Gasteiger partial charge in [0.1, 0.15) is 60.4 Å². The summed E-state index contributed by atoms with van der Waals surface area (Å²) >= 11 is 1.30. The second kappa shape index (κ2) is 46.6. The third-order valence-corrected chi connectivity index (χ3v) is 15.6. The molecule has 1 aliphatic rings. The topological polar surface area (TPSA) is 691 Å². The van der Waals surface area contributed by atoms with Crippen molar-refractivity contribution in [1.29, 1.82) is 0 Å². The van der Waals surface area contributed by atoms with Crippen LogP contribution in [0.2, 0.25) is 0 Å². The number of hydrogen-bond acceptors (Lipinski definition) is 22. The molecule has 0 aliphatic carbocycles. The van der Waals surface area contributed by atoms with Crippen molar-refractivity contribution in [2.75, 3.05) is 51.3 Å². The normalized spacial score (nSPS) is 15.8. The number of nitrogens with one attached hydrogen (secondary N) is 11. The highest BCUT2D eigenvalue weighted by atomic mass is 32.2. The molecule has 1 rings (SSSR count). The molecule has 0 saturated carbocycles. The highest BCUT2D eigenvalue weighted by molar-refractivity contribution is 7.98. The van der Waals surface area contributed by atoms with Crippen LogP contribution in [0.1, 0.15) is 125 Å². The Morgan fingerprint density at radius 1 is 0.515 bits per heavy atom. The number of likely N-dealkylation sites (tertiary alicyclic amines) is 1. The van der Waals surface area contributed by atoms with Crippen molar-refractivity contribution >= 4 is 118 Å². The summed E-state index contributed by atoms with van der Waals surface area (Å²) in [6.07, 6.45) is -2.80. The number of carboxylic acid groups (broad SMARTS) is 3. The van der Waals surface area contributed by atoms with Crippen LogP contribution in [0, 0.1) is 11.8 Å². The molecule has 0 radical (unpaired) electrons. The minimum Gasteiger partial charge on any atom is -0.481 e. The first kappa shape index (κ1) is 89.3. The number of primary amides is 1. The Kier molecular flexibility index (Phi) is 41.2. The van der Waals surface area contributed by atoms with E-state index in [0.29, 0.717) is 5.75 Å². The van der Waals surface area contributed by atoms with Gasteiger partial charge in [-0.25, -0.2) is 4.79 Å². The maximum Gasteiger partial charge on any atom is 0.326 e. The van der Waals surface area contributed by atoms with Crippen molar-refractivity contribution in [1.82, 2.24) is 63.4 Å². The highest BCUT2D eigenvalue weighted by Crippen LogP contribution is 2.20. The van der Waals surface area contributed by atoms with Crippen molar-refractivity contribution < 1.29 is 102 Å². The molecular formula is C59H102N20O21S. The summed E-state index contributed by atoms with van der Waals surface area (Å²) in [4.78, 5) is 219. The van der Waals surface area contributed by atoms with Gasteiger partial charge < -0.3 is 123 Å². The number of carbonyl (C=O) groups excluding carboxylic acids is 13. The summed E-state index contributed by atoms with van der Waals surface area (Å²) in [6, 6.07) is -16.9. The number of amides is 13. The number of carbonyl (C=O) groups is 16. The van der Waals surface area contributed by atoms with Crippen LogP contribution in [0.15, 0.2) is 9.98 Å². The van der Waals surface area contributed by atoms with Crippen molar-refractivity contribution in [3.63, 3.8) is 0 Å². The monoisotopic (exact) mass is 1460 g/mol. The largest absolute Gasteiger partial charge is 0.481 e. The number of aliphatic hydroxyl groups excluding tert-OH is 2. The van der Waals surface area contributed by atoms with Gasteiger partial charge in [0, 0.05) is 32.5 Å². The molecule has 0 aromatic rings.